The highest BCUT2D eigenvalue weighted by molar-refractivity contribution is 7.80. The topological polar surface area (TPSA) is 76.4 Å². The van der Waals surface area contributed by atoms with E-state index in [9.17, 15) is 4.79 Å². The largest absolute Gasteiger partial charge is 0.482 e. The number of oxazole rings is 1. The SMILES string of the molecule is CCC(C)c1ccc2oc(-c3cccc(NC(=S)NC(=O)COc4ccccc4Cl)c3)nc2c1. The summed E-state index contributed by atoms with van der Waals surface area (Å²) in [6.45, 7) is 4.15. The van der Waals surface area contributed by atoms with Gasteiger partial charge in [-0.15, -0.1) is 0 Å². The van der Waals surface area contributed by atoms with Crippen molar-refractivity contribution in [2.45, 2.75) is 26.2 Å². The van der Waals surface area contributed by atoms with Gasteiger partial charge in [0.25, 0.3) is 5.91 Å². The first-order valence-corrected chi connectivity index (χ1v) is 11.7. The summed E-state index contributed by atoms with van der Waals surface area (Å²) in [6.07, 6.45) is 1.06. The zero-order chi connectivity index (χ0) is 24.1. The quantitative estimate of drug-likeness (QED) is 0.284. The van der Waals surface area contributed by atoms with Gasteiger partial charge in [-0.25, -0.2) is 4.98 Å². The molecule has 1 amide bonds. The predicted molar refractivity (Wildman–Crippen MR) is 139 cm³/mol. The highest BCUT2D eigenvalue weighted by Gasteiger charge is 2.12. The zero-order valence-corrected chi connectivity index (χ0v) is 20.4. The van der Waals surface area contributed by atoms with Crippen LogP contribution in [0.4, 0.5) is 5.69 Å². The fourth-order valence-corrected chi connectivity index (χ4v) is 3.79. The lowest BCUT2D eigenvalue weighted by atomic mass is 9.98. The molecule has 0 saturated carbocycles. The number of halogens is 1. The van der Waals surface area contributed by atoms with Crippen LogP contribution in [0.5, 0.6) is 5.75 Å². The van der Waals surface area contributed by atoms with Crippen LogP contribution in [0.1, 0.15) is 31.7 Å². The third-order valence-electron chi connectivity index (χ3n) is 5.41. The van der Waals surface area contributed by atoms with Crippen molar-refractivity contribution in [2.75, 3.05) is 11.9 Å². The lowest BCUT2D eigenvalue weighted by Crippen LogP contribution is -2.37. The average molecular weight is 494 g/mol. The van der Waals surface area contributed by atoms with Crippen LogP contribution in [0.25, 0.3) is 22.6 Å². The summed E-state index contributed by atoms with van der Waals surface area (Å²) in [6, 6.07) is 20.5. The number of para-hydroxylation sites is 1. The minimum Gasteiger partial charge on any atom is -0.482 e. The van der Waals surface area contributed by atoms with Gasteiger partial charge in [-0.1, -0.05) is 49.7 Å². The van der Waals surface area contributed by atoms with Crippen LogP contribution in [0.15, 0.2) is 71.1 Å². The molecule has 3 aromatic carbocycles. The molecule has 0 aliphatic rings. The molecular weight excluding hydrogens is 470 g/mol. The Labute approximate surface area is 208 Å². The van der Waals surface area contributed by atoms with Crippen molar-refractivity contribution in [1.82, 2.24) is 10.3 Å². The number of amides is 1. The first-order chi connectivity index (χ1) is 16.4. The van der Waals surface area contributed by atoms with E-state index >= 15 is 0 Å². The molecule has 1 heterocycles. The highest BCUT2D eigenvalue weighted by atomic mass is 35.5. The number of aromatic nitrogens is 1. The molecule has 34 heavy (non-hydrogen) atoms. The lowest BCUT2D eigenvalue weighted by Gasteiger charge is -2.11. The van der Waals surface area contributed by atoms with Gasteiger partial charge in [0, 0.05) is 11.3 Å². The standard InChI is InChI=1S/C26H24ClN3O3S/c1-3-16(2)17-11-12-23-21(14-17)29-25(33-23)18-7-6-8-19(13-18)28-26(34)30-24(31)15-32-22-10-5-4-9-20(22)27/h4-14,16H,3,15H2,1-2H3,(H2,28,30,31,34). The number of thiocarbonyl (C=S) groups is 1. The average Bonchev–Trinajstić information content (AvgIpc) is 3.26. The number of nitrogens with zero attached hydrogens (tertiary/aromatic N) is 1. The number of carbonyl (C=O) groups is 1. The van der Waals surface area contributed by atoms with Gasteiger partial charge in [0.1, 0.15) is 11.3 Å². The molecule has 2 N–H and O–H groups in total. The van der Waals surface area contributed by atoms with E-state index in [-0.39, 0.29) is 11.7 Å². The third-order valence-corrected chi connectivity index (χ3v) is 5.93. The summed E-state index contributed by atoms with van der Waals surface area (Å²) >= 11 is 11.3. The van der Waals surface area contributed by atoms with E-state index in [0.717, 1.165) is 23.1 Å². The molecular formula is C26H24ClN3O3S. The molecule has 0 bridgehead atoms. The maximum Gasteiger partial charge on any atom is 0.264 e. The Morgan fingerprint density at radius 3 is 2.76 bits per heavy atom. The number of carbonyl (C=O) groups excluding carboxylic acids is 1. The van der Waals surface area contributed by atoms with Crippen LogP contribution in [0.3, 0.4) is 0 Å². The Hall–Kier alpha value is -3.42. The fourth-order valence-electron chi connectivity index (χ4n) is 3.37. The summed E-state index contributed by atoms with van der Waals surface area (Å²) in [4.78, 5) is 16.8. The Morgan fingerprint density at radius 2 is 1.97 bits per heavy atom. The van der Waals surface area contributed by atoms with E-state index in [1.54, 1.807) is 24.3 Å². The molecule has 1 aromatic heterocycles. The van der Waals surface area contributed by atoms with Gasteiger partial charge >= 0.3 is 0 Å². The second-order valence-corrected chi connectivity index (χ2v) is 8.67. The normalized spacial score (nSPS) is 11.7. The molecule has 6 nitrogen and oxygen atoms in total. The van der Waals surface area contributed by atoms with E-state index in [2.05, 4.69) is 41.6 Å². The monoisotopic (exact) mass is 493 g/mol. The van der Waals surface area contributed by atoms with Gasteiger partial charge in [0.05, 0.1) is 5.02 Å². The zero-order valence-electron chi connectivity index (χ0n) is 18.8. The van der Waals surface area contributed by atoms with E-state index in [4.69, 9.17) is 33.0 Å². The number of hydrogen-bond acceptors (Lipinski definition) is 5. The molecule has 4 aromatic rings. The number of nitrogens with one attached hydrogen (secondary N) is 2. The maximum absolute atomic E-state index is 12.2. The maximum atomic E-state index is 12.2. The summed E-state index contributed by atoms with van der Waals surface area (Å²) in [5, 5.41) is 6.19. The van der Waals surface area contributed by atoms with Crippen LogP contribution in [-0.4, -0.2) is 22.6 Å². The Balaban J connectivity index is 1.40. The van der Waals surface area contributed by atoms with Crippen molar-refractivity contribution >= 4 is 51.6 Å². The Kier molecular flexibility index (Phi) is 7.45. The van der Waals surface area contributed by atoms with Crippen molar-refractivity contribution in [3.63, 3.8) is 0 Å². The number of hydrogen-bond donors (Lipinski definition) is 2. The molecule has 0 aliphatic carbocycles. The molecule has 0 spiro atoms. The van der Waals surface area contributed by atoms with Crippen LogP contribution in [-0.2, 0) is 4.79 Å². The van der Waals surface area contributed by atoms with Crippen molar-refractivity contribution in [1.29, 1.82) is 0 Å². The van der Waals surface area contributed by atoms with Crippen molar-refractivity contribution in [3.05, 3.63) is 77.3 Å². The van der Waals surface area contributed by atoms with Crippen LogP contribution in [0, 0.1) is 0 Å². The third kappa shape index (κ3) is 5.73. The van der Waals surface area contributed by atoms with Crippen molar-refractivity contribution in [3.8, 4) is 17.2 Å². The number of fused-ring (bicyclic) bond motifs is 1. The molecule has 0 fully saturated rings. The van der Waals surface area contributed by atoms with Gasteiger partial charge in [0.2, 0.25) is 5.89 Å². The second kappa shape index (κ2) is 10.7. The van der Waals surface area contributed by atoms with Crippen molar-refractivity contribution in [2.24, 2.45) is 0 Å². The predicted octanol–water partition coefficient (Wildman–Crippen LogP) is 6.55. The molecule has 0 aliphatic heterocycles. The molecule has 174 valence electrons. The summed E-state index contributed by atoms with van der Waals surface area (Å²) in [7, 11) is 0. The van der Waals surface area contributed by atoms with Crippen LogP contribution >= 0.6 is 23.8 Å². The lowest BCUT2D eigenvalue weighted by molar-refractivity contribution is -0.121. The minimum absolute atomic E-state index is 0.153. The van der Waals surface area contributed by atoms with Gasteiger partial charge in [-0.2, -0.15) is 0 Å². The van der Waals surface area contributed by atoms with Crippen LogP contribution in [0.2, 0.25) is 5.02 Å². The minimum atomic E-state index is -0.398. The smallest absolute Gasteiger partial charge is 0.264 e. The Bertz CT molecular complexity index is 1340. The van der Waals surface area contributed by atoms with E-state index < -0.39 is 5.91 Å². The second-order valence-electron chi connectivity index (χ2n) is 7.86. The van der Waals surface area contributed by atoms with Gasteiger partial charge in [0.15, 0.2) is 17.3 Å². The summed E-state index contributed by atoms with van der Waals surface area (Å²) in [5.74, 6) is 1.01. The highest BCUT2D eigenvalue weighted by Crippen LogP contribution is 2.29. The molecule has 0 saturated heterocycles. The Morgan fingerprint density at radius 1 is 1.15 bits per heavy atom. The number of rotatable bonds is 7. The number of benzene rings is 3. The van der Waals surface area contributed by atoms with E-state index in [1.165, 1.54) is 5.56 Å². The number of anilines is 1. The summed E-state index contributed by atoms with van der Waals surface area (Å²) < 4.78 is 11.4. The first kappa shape index (κ1) is 23.7. The van der Waals surface area contributed by atoms with Crippen molar-refractivity contribution < 1.29 is 13.9 Å². The van der Waals surface area contributed by atoms with Gasteiger partial charge in [-0.3, -0.25) is 10.1 Å². The van der Waals surface area contributed by atoms with E-state index in [0.29, 0.717) is 28.3 Å². The van der Waals surface area contributed by atoms with Gasteiger partial charge < -0.3 is 14.5 Å². The molecule has 1 unspecified atom stereocenters. The molecule has 0 radical (unpaired) electrons. The van der Waals surface area contributed by atoms with Crippen LogP contribution < -0.4 is 15.4 Å². The number of ether oxygens (including phenoxy) is 1. The molecule has 8 heteroatoms. The first-order valence-electron chi connectivity index (χ1n) is 10.9. The van der Waals surface area contributed by atoms with E-state index in [1.807, 2.05) is 30.3 Å². The molecule has 1 atom stereocenters. The fraction of sp³-hybridized carbons (Fsp3) is 0.192. The molecule has 4 rings (SSSR count). The summed E-state index contributed by atoms with van der Waals surface area (Å²) in [5.41, 5.74) is 4.29. The van der Waals surface area contributed by atoms with Gasteiger partial charge in [-0.05, 0) is 72.6 Å².